The van der Waals surface area contributed by atoms with Crippen LogP contribution >= 0.6 is 0 Å². The van der Waals surface area contributed by atoms with Gasteiger partial charge in [0.1, 0.15) is 5.82 Å². The number of rotatable bonds is 3. The molecular weight excluding hydrogens is 350 g/mol. The smallest absolute Gasteiger partial charge is 0.248 e. The number of imidazole rings is 1. The van der Waals surface area contributed by atoms with Crippen molar-refractivity contribution in [1.29, 1.82) is 0 Å². The van der Waals surface area contributed by atoms with Crippen LogP contribution in [0.15, 0.2) is 41.5 Å². The Balaban J connectivity index is 1.72. The Kier molecular flexibility index (Phi) is 3.56. The van der Waals surface area contributed by atoms with Gasteiger partial charge < -0.3 is 9.55 Å². The lowest BCUT2D eigenvalue weighted by Crippen LogP contribution is -2.17. The van der Waals surface area contributed by atoms with Crippen molar-refractivity contribution in [2.24, 2.45) is 0 Å². The van der Waals surface area contributed by atoms with Crippen LogP contribution in [0.5, 0.6) is 0 Å². The molecule has 1 aliphatic rings. The van der Waals surface area contributed by atoms with Crippen molar-refractivity contribution in [3.05, 3.63) is 70.0 Å². The average Bonchev–Trinajstić information content (AvgIpc) is 2.95. The first-order chi connectivity index (χ1) is 13.1. The molecule has 5 rings (SSSR count). The van der Waals surface area contributed by atoms with Gasteiger partial charge in [-0.1, -0.05) is 6.42 Å². The van der Waals surface area contributed by atoms with Crippen LogP contribution in [0.4, 0.5) is 8.78 Å². The highest BCUT2D eigenvalue weighted by Crippen LogP contribution is 2.37. The molecule has 0 unspecified atom stereocenters. The number of aromatic nitrogens is 4. The summed E-state index contributed by atoms with van der Waals surface area (Å²) in [5.74, 6) is -0.689. The van der Waals surface area contributed by atoms with Gasteiger partial charge in [0.25, 0.3) is 0 Å². The standard InChI is InChI=1S/C20H16F2N4O/c21-14-5-4-13-12(8-17(27)25-19(13)18(14)22)10-26-16-9-23-7-6-15(16)24-20(26)11-2-1-3-11/h4-9,11H,1-3,10H2,(H,25,27). The predicted molar refractivity (Wildman–Crippen MR) is 97.7 cm³/mol. The Morgan fingerprint density at radius 3 is 2.85 bits per heavy atom. The number of aromatic amines is 1. The number of hydrogen-bond acceptors (Lipinski definition) is 3. The number of H-pyrrole nitrogens is 1. The summed E-state index contributed by atoms with van der Waals surface area (Å²) in [6, 6.07) is 5.88. The number of fused-ring (bicyclic) bond motifs is 2. The minimum atomic E-state index is -1.04. The SMILES string of the molecule is O=c1cc(Cn2c(C3CCC3)nc3ccncc32)c2ccc(F)c(F)c2[nH]1. The van der Waals surface area contributed by atoms with Crippen molar-refractivity contribution in [2.45, 2.75) is 31.7 Å². The summed E-state index contributed by atoms with van der Waals surface area (Å²) in [6.45, 7) is 0.347. The normalized spacial score (nSPS) is 14.7. The summed E-state index contributed by atoms with van der Waals surface area (Å²) in [4.78, 5) is 23.4. The van der Waals surface area contributed by atoms with Gasteiger partial charge in [-0.3, -0.25) is 9.78 Å². The van der Waals surface area contributed by atoms with Gasteiger partial charge in [0.05, 0.1) is 29.3 Å². The molecule has 27 heavy (non-hydrogen) atoms. The van der Waals surface area contributed by atoms with Crippen molar-refractivity contribution in [3.63, 3.8) is 0 Å². The quantitative estimate of drug-likeness (QED) is 0.599. The maximum atomic E-state index is 14.2. The molecule has 5 nitrogen and oxygen atoms in total. The molecule has 1 fully saturated rings. The first kappa shape index (κ1) is 16.1. The topological polar surface area (TPSA) is 63.6 Å². The zero-order chi connectivity index (χ0) is 18.5. The first-order valence-electron chi connectivity index (χ1n) is 8.92. The van der Waals surface area contributed by atoms with Crippen molar-refractivity contribution < 1.29 is 8.78 Å². The molecule has 3 aromatic heterocycles. The van der Waals surface area contributed by atoms with E-state index in [-0.39, 0.29) is 5.52 Å². The van der Waals surface area contributed by atoms with Crippen LogP contribution in [0.2, 0.25) is 0 Å². The maximum absolute atomic E-state index is 14.2. The van der Waals surface area contributed by atoms with E-state index >= 15 is 0 Å². The number of benzene rings is 1. The molecule has 3 heterocycles. The van der Waals surface area contributed by atoms with Crippen LogP contribution in [0.3, 0.4) is 0 Å². The van der Waals surface area contributed by atoms with Gasteiger partial charge in [-0.05, 0) is 36.6 Å². The molecule has 0 atom stereocenters. The number of hydrogen-bond donors (Lipinski definition) is 1. The predicted octanol–water partition coefficient (Wildman–Crippen LogP) is 3.87. The monoisotopic (exact) mass is 366 g/mol. The van der Waals surface area contributed by atoms with Crippen molar-refractivity contribution >= 4 is 21.9 Å². The molecule has 0 amide bonds. The van der Waals surface area contributed by atoms with Crippen LogP contribution in [0, 0.1) is 11.6 Å². The lowest BCUT2D eigenvalue weighted by atomic mass is 9.85. The van der Waals surface area contributed by atoms with Gasteiger partial charge in [-0.25, -0.2) is 13.8 Å². The van der Waals surface area contributed by atoms with E-state index in [0.29, 0.717) is 23.4 Å². The number of nitrogens with zero attached hydrogens (tertiary/aromatic N) is 3. The van der Waals surface area contributed by atoms with Crippen LogP contribution < -0.4 is 5.56 Å². The molecule has 0 radical (unpaired) electrons. The van der Waals surface area contributed by atoms with Crippen LogP contribution in [0.1, 0.15) is 36.6 Å². The van der Waals surface area contributed by atoms with Gasteiger partial charge in [0.2, 0.25) is 5.56 Å². The molecule has 4 aromatic rings. The van der Waals surface area contributed by atoms with Crippen LogP contribution in [0.25, 0.3) is 21.9 Å². The Bertz CT molecular complexity index is 1240. The minimum Gasteiger partial charge on any atom is -0.322 e. The van der Waals surface area contributed by atoms with Gasteiger partial charge in [0, 0.05) is 23.6 Å². The third-order valence-corrected chi connectivity index (χ3v) is 5.37. The Labute approximate surface area is 152 Å². The largest absolute Gasteiger partial charge is 0.322 e. The van der Waals surface area contributed by atoms with Crippen molar-refractivity contribution in [2.75, 3.05) is 0 Å². The second kappa shape index (κ2) is 5.97. The fourth-order valence-electron chi connectivity index (χ4n) is 3.77. The third-order valence-electron chi connectivity index (χ3n) is 5.37. The minimum absolute atomic E-state index is 0.106. The van der Waals surface area contributed by atoms with E-state index in [9.17, 15) is 13.6 Å². The highest BCUT2D eigenvalue weighted by Gasteiger charge is 2.26. The Hall–Kier alpha value is -3.09. The summed E-state index contributed by atoms with van der Waals surface area (Å²) in [5.41, 5.74) is 1.77. The molecule has 0 spiro atoms. The molecule has 0 bridgehead atoms. The van der Waals surface area contributed by atoms with Crippen molar-refractivity contribution in [3.8, 4) is 0 Å². The lowest BCUT2D eigenvalue weighted by molar-refractivity contribution is 0.392. The highest BCUT2D eigenvalue weighted by molar-refractivity contribution is 5.83. The molecule has 7 heteroatoms. The molecular formula is C20H16F2N4O. The van der Waals surface area contributed by atoms with E-state index in [1.54, 1.807) is 12.4 Å². The molecule has 1 saturated carbocycles. The molecule has 136 valence electrons. The summed E-state index contributed by atoms with van der Waals surface area (Å²) < 4.78 is 29.8. The summed E-state index contributed by atoms with van der Waals surface area (Å²) in [5, 5.41) is 0.485. The van der Waals surface area contributed by atoms with E-state index in [1.165, 1.54) is 18.6 Å². The van der Waals surface area contributed by atoms with Crippen LogP contribution in [-0.4, -0.2) is 19.5 Å². The number of halogens is 2. The van der Waals surface area contributed by atoms with Gasteiger partial charge >= 0.3 is 0 Å². The van der Waals surface area contributed by atoms with E-state index in [2.05, 4.69) is 9.97 Å². The third kappa shape index (κ3) is 2.53. The summed E-state index contributed by atoms with van der Waals surface area (Å²) in [7, 11) is 0. The number of nitrogens with one attached hydrogen (secondary N) is 1. The molecule has 0 saturated heterocycles. The van der Waals surface area contributed by atoms with Crippen molar-refractivity contribution in [1.82, 2.24) is 19.5 Å². The van der Waals surface area contributed by atoms with Crippen LogP contribution in [-0.2, 0) is 6.54 Å². The van der Waals surface area contributed by atoms with Gasteiger partial charge in [-0.2, -0.15) is 0 Å². The Morgan fingerprint density at radius 2 is 2.07 bits per heavy atom. The summed E-state index contributed by atoms with van der Waals surface area (Å²) in [6.07, 6.45) is 6.77. The van der Waals surface area contributed by atoms with E-state index < -0.39 is 17.2 Å². The summed E-state index contributed by atoms with van der Waals surface area (Å²) >= 11 is 0. The fraction of sp³-hybridized carbons (Fsp3) is 0.250. The fourth-order valence-corrected chi connectivity index (χ4v) is 3.77. The molecule has 1 aromatic carbocycles. The zero-order valence-electron chi connectivity index (χ0n) is 14.4. The Morgan fingerprint density at radius 1 is 1.22 bits per heavy atom. The highest BCUT2D eigenvalue weighted by atomic mass is 19.2. The van der Waals surface area contributed by atoms with E-state index in [1.807, 2.05) is 10.6 Å². The maximum Gasteiger partial charge on any atom is 0.248 e. The van der Waals surface area contributed by atoms with Gasteiger partial charge in [0.15, 0.2) is 11.6 Å². The second-order valence-electron chi connectivity index (χ2n) is 6.99. The zero-order valence-corrected chi connectivity index (χ0v) is 14.4. The van der Waals surface area contributed by atoms with E-state index in [4.69, 9.17) is 4.98 Å². The first-order valence-corrected chi connectivity index (χ1v) is 8.92. The molecule has 0 aliphatic heterocycles. The lowest BCUT2D eigenvalue weighted by Gasteiger charge is -2.25. The molecule has 1 aliphatic carbocycles. The number of pyridine rings is 2. The average molecular weight is 366 g/mol. The van der Waals surface area contributed by atoms with Gasteiger partial charge in [-0.15, -0.1) is 0 Å². The van der Waals surface area contributed by atoms with E-state index in [0.717, 1.165) is 35.8 Å². The molecule has 1 N–H and O–H groups in total. The second-order valence-corrected chi connectivity index (χ2v) is 6.99.